The van der Waals surface area contributed by atoms with Gasteiger partial charge in [0.05, 0.1) is 12.0 Å². The Morgan fingerprint density at radius 2 is 1.60 bits per heavy atom. The summed E-state index contributed by atoms with van der Waals surface area (Å²) in [6, 6.07) is 15.5. The van der Waals surface area contributed by atoms with E-state index in [1.165, 1.54) is 0 Å². The highest BCUT2D eigenvalue weighted by Crippen LogP contribution is 2.44. The molecule has 3 N–H and O–H groups in total. The maximum atomic E-state index is 13.1. The monoisotopic (exact) mass is 478 g/mol. The van der Waals surface area contributed by atoms with Gasteiger partial charge in [0.2, 0.25) is 5.91 Å². The number of carbonyl (C=O) groups is 3. The molecule has 0 heterocycles. The summed E-state index contributed by atoms with van der Waals surface area (Å²) in [5.41, 5.74) is 3.79. The number of ether oxygens (including phenoxy) is 1. The van der Waals surface area contributed by atoms with Crippen LogP contribution in [0, 0.1) is 0 Å². The van der Waals surface area contributed by atoms with Crippen molar-refractivity contribution in [3.8, 4) is 11.1 Å². The lowest BCUT2D eigenvalue weighted by atomic mass is 9.79. The molecule has 7 nitrogen and oxygen atoms in total. The minimum Gasteiger partial charge on any atom is -0.481 e. The van der Waals surface area contributed by atoms with Crippen LogP contribution >= 0.6 is 0 Å². The molecule has 2 amide bonds. The van der Waals surface area contributed by atoms with Gasteiger partial charge in [-0.3, -0.25) is 9.59 Å². The number of rotatable bonds is 9. The summed E-state index contributed by atoms with van der Waals surface area (Å²) < 4.78 is 5.62. The molecule has 1 fully saturated rings. The topological polar surface area (TPSA) is 105 Å². The van der Waals surface area contributed by atoms with Gasteiger partial charge in [0.25, 0.3) is 0 Å². The van der Waals surface area contributed by atoms with Crippen LogP contribution in [0.15, 0.2) is 48.5 Å². The second-order valence-corrected chi connectivity index (χ2v) is 9.71. The fourth-order valence-corrected chi connectivity index (χ4v) is 5.55. The standard InChI is InChI=1S/C28H34N2O5/c1-2-10-24(26(33)30-28(17-25(31)32)15-8-3-9-16-28)29-27(34)35-18-23-21-13-6-4-11-19(21)20-12-5-7-14-22(20)23/h4-7,11-14,23-24H,2-3,8-10,15-18H2,1H3,(H,29,34)(H,30,33)(H,31,32)/t24-/m0/s1. The largest absolute Gasteiger partial charge is 0.481 e. The van der Waals surface area contributed by atoms with E-state index in [0.29, 0.717) is 25.7 Å². The SMILES string of the molecule is CCC[C@H](NC(=O)OCC1c2ccccc2-c2ccccc21)C(=O)NC1(CC(=O)O)CCCCC1. The lowest BCUT2D eigenvalue weighted by Gasteiger charge is -2.38. The van der Waals surface area contributed by atoms with E-state index in [2.05, 4.69) is 34.9 Å². The number of carbonyl (C=O) groups excluding carboxylic acids is 2. The Bertz CT molecular complexity index is 1030. The number of hydrogen-bond donors (Lipinski definition) is 3. The molecule has 0 radical (unpaired) electrons. The molecule has 2 aromatic carbocycles. The first-order valence-electron chi connectivity index (χ1n) is 12.6. The molecule has 35 heavy (non-hydrogen) atoms. The number of fused-ring (bicyclic) bond motifs is 3. The summed E-state index contributed by atoms with van der Waals surface area (Å²) in [6.07, 6.45) is 4.45. The summed E-state index contributed by atoms with van der Waals surface area (Å²) in [5.74, 6) is -1.33. The van der Waals surface area contributed by atoms with Crippen LogP contribution in [0.2, 0.25) is 0 Å². The van der Waals surface area contributed by atoms with Gasteiger partial charge in [-0.25, -0.2) is 4.79 Å². The summed E-state index contributed by atoms with van der Waals surface area (Å²) >= 11 is 0. The van der Waals surface area contributed by atoms with Crippen molar-refractivity contribution < 1.29 is 24.2 Å². The van der Waals surface area contributed by atoms with E-state index >= 15 is 0 Å². The van der Waals surface area contributed by atoms with Crippen molar-refractivity contribution in [2.24, 2.45) is 0 Å². The number of hydrogen-bond acceptors (Lipinski definition) is 4. The molecular weight excluding hydrogens is 444 g/mol. The second-order valence-electron chi connectivity index (χ2n) is 9.71. The number of amides is 2. The Balaban J connectivity index is 1.40. The highest BCUT2D eigenvalue weighted by atomic mass is 16.5. The average Bonchev–Trinajstić information content (AvgIpc) is 3.16. The molecule has 2 aliphatic rings. The minimum absolute atomic E-state index is 0.0623. The predicted octanol–water partition coefficient (Wildman–Crippen LogP) is 4.99. The number of nitrogens with one attached hydrogen (secondary N) is 2. The zero-order chi connectivity index (χ0) is 24.8. The van der Waals surface area contributed by atoms with Gasteiger partial charge < -0.3 is 20.5 Å². The average molecular weight is 479 g/mol. The molecule has 2 aromatic rings. The quantitative estimate of drug-likeness (QED) is 0.471. The third-order valence-corrected chi connectivity index (χ3v) is 7.22. The number of aliphatic carboxylic acids is 1. The molecule has 1 atom stereocenters. The van der Waals surface area contributed by atoms with E-state index in [9.17, 15) is 19.5 Å². The van der Waals surface area contributed by atoms with Crippen molar-refractivity contribution in [1.29, 1.82) is 0 Å². The summed E-state index contributed by atoms with van der Waals surface area (Å²) in [6.45, 7) is 2.11. The van der Waals surface area contributed by atoms with E-state index in [0.717, 1.165) is 41.5 Å². The van der Waals surface area contributed by atoms with Crippen molar-refractivity contribution in [3.63, 3.8) is 0 Å². The second kappa shape index (κ2) is 10.9. The Hall–Kier alpha value is -3.35. The van der Waals surface area contributed by atoms with Gasteiger partial charge in [0.1, 0.15) is 12.6 Å². The van der Waals surface area contributed by atoms with Crippen LogP contribution in [-0.4, -0.2) is 41.3 Å². The Morgan fingerprint density at radius 1 is 1.00 bits per heavy atom. The first-order valence-corrected chi connectivity index (χ1v) is 12.6. The Kier molecular flexibility index (Phi) is 7.73. The molecule has 2 aliphatic carbocycles. The maximum absolute atomic E-state index is 13.1. The Labute approximate surface area is 206 Å². The van der Waals surface area contributed by atoms with Crippen LogP contribution in [-0.2, 0) is 14.3 Å². The highest BCUT2D eigenvalue weighted by Gasteiger charge is 2.38. The first kappa shape index (κ1) is 24.8. The number of alkyl carbamates (subject to hydrolysis) is 1. The Morgan fingerprint density at radius 3 is 2.17 bits per heavy atom. The van der Waals surface area contributed by atoms with E-state index in [1.54, 1.807) is 0 Å². The lowest BCUT2D eigenvalue weighted by Crippen LogP contribution is -2.57. The highest BCUT2D eigenvalue weighted by molar-refractivity contribution is 5.87. The molecule has 0 aromatic heterocycles. The normalized spacial score (nSPS) is 17.1. The van der Waals surface area contributed by atoms with E-state index in [1.807, 2.05) is 31.2 Å². The van der Waals surface area contributed by atoms with Crippen molar-refractivity contribution in [2.75, 3.05) is 6.61 Å². The van der Waals surface area contributed by atoms with Gasteiger partial charge in [-0.05, 0) is 41.5 Å². The van der Waals surface area contributed by atoms with Crippen LogP contribution in [0.5, 0.6) is 0 Å². The van der Waals surface area contributed by atoms with E-state index < -0.39 is 23.6 Å². The van der Waals surface area contributed by atoms with E-state index in [-0.39, 0.29) is 24.9 Å². The summed E-state index contributed by atoms with van der Waals surface area (Å²) in [4.78, 5) is 37.4. The maximum Gasteiger partial charge on any atom is 0.407 e. The van der Waals surface area contributed by atoms with Crippen LogP contribution in [0.1, 0.15) is 75.3 Å². The van der Waals surface area contributed by atoms with Crippen molar-refractivity contribution in [2.45, 2.75) is 75.8 Å². The molecule has 0 bridgehead atoms. The van der Waals surface area contributed by atoms with Gasteiger partial charge >= 0.3 is 12.1 Å². The van der Waals surface area contributed by atoms with Gasteiger partial charge in [-0.2, -0.15) is 0 Å². The fraction of sp³-hybridized carbons (Fsp3) is 0.464. The molecule has 4 rings (SSSR count). The number of benzene rings is 2. The summed E-state index contributed by atoms with van der Waals surface area (Å²) in [5, 5.41) is 15.1. The zero-order valence-corrected chi connectivity index (χ0v) is 20.2. The van der Waals surface area contributed by atoms with Crippen LogP contribution < -0.4 is 10.6 Å². The van der Waals surface area contributed by atoms with Crippen LogP contribution in [0.3, 0.4) is 0 Å². The molecule has 7 heteroatoms. The minimum atomic E-state index is -0.927. The third-order valence-electron chi connectivity index (χ3n) is 7.22. The predicted molar refractivity (Wildman–Crippen MR) is 133 cm³/mol. The zero-order valence-electron chi connectivity index (χ0n) is 20.2. The molecule has 0 saturated heterocycles. The van der Waals surface area contributed by atoms with Gasteiger partial charge in [-0.15, -0.1) is 0 Å². The smallest absolute Gasteiger partial charge is 0.407 e. The molecule has 0 unspecified atom stereocenters. The number of carboxylic acid groups (broad SMARTS) is 1. The van der Waals surface area contributed by atoms with Gasteiger partial charge in [0, 0.05) is 5.92 Å². The van der Waals surface area contributed by atoms with E-state index in [4.69, 9.17) is 4.74 Å². The fourth-order valence-electron chi connectivity index (χ4n) is 5.55. The molecule has 186 valence electrons. The molecule has 0 aliphatic heterocycles. The van der Waals surface area contributed by atoms with Crippen molar-refractivity contribution >= 4 is 18.0 Å². The van der Waals surface area contributed by atoms with Crippen molar-refractivity contribution in [1.82, 2.24) is 10.6 Å². The summed E-state index contributed by atoms with van der Waals surface area (Å²) in [7, 11) is 0. The lowest BCUT2D eigenvalue weighted by molar-refractivity contribution is -0.139. The van der Waals surface area contributed by atoms with Crippen molar-refractivity contribution in [3.05, 3.63) is 59.7 Å². The molecule has 0 spiro atoms. The first-order chi connectivity index (χ1) is 16.9. The van der Waals surface area contributed by atoms with Gasteiger partial charge in [-0.1, -0.05) is 81.1 Å². The molecule has 1 saturated carbocycles. The number of carboxylic acids is 1. The molecular formula is C28H34N2O5. The third kappa shape index (κ3) is 5.66. The van der Waals surface area contributed by atoms with Gasteiger partial charge in [0.15, 0.2) is 0 Å². The van der Waals surface area contributed by atoms with Crippen LogP contribution in [0.4, 0.5) is 4.79 Å². The van der Waals surface area contributed by atoms with Crippen LogP contribution in [0.25, 0.3) is 11.1 Å².